The Morgan fingerprint density at radius 3 is 2.23 bits per heavy atom. The van der Waals surface area contributed by atoms with E-state index < -0.39 is 95.5 Å². The van der Waals surface area contributed by atoms with Crippen molar-refractivity contribution in [3.05, 3.63) is 0 Å². The normalized spacial score (nSPS) is 47.7. The Labute approximate surface area is 335 Å². The van der Waals surface area contributed by atoms with Gasteiger partial charge in [-0.2, -0.15) is 0 Å². The molecule has 3 saturated heterocycles. The number of rotatable bonds is 10. The third-order valence-electron chi connectivity index (χ3n) is 12.8. The molecule has 15 heteroatoms. The van der Waals surface area contributed by atoms with Crippen LogP contribution in [-0.2, 0) is 33.2 Å². The average molecular weight is 802 g/mol. The number of methoxy groups -OCH3 is 1. The Morgan fingerprint density at radius 2 is 1.66 bits per heavy atom. The molecule has 0 aliphatic carbocycles. The second kappa shape index (κ2) is 19.7. The molecule has 18 atom stereocenters. The summed E-state index contributed by atoms with van der Waals surface area (Å²) in [4.78, 5) is 16.2. The number of likely N-dealkylation sites (N-methyl/N-ethyl adjacent to an activating group) is 1. The molecule has 0 unspecified atom stereocenters. The van der Waals surface area contributed by atoms with Crippen molar-refractivity contribution < 1.29 is 58.7 Å². The van der Waals surface area contributed by atoms with Gasteiger partial charge >= 0.3 is 5.97 Å². The minimum atomic E-state index is -1.83. The van der Waals surface area contributed by atoms with Gasteiger partial charge in [0.2, 0.25) is 0 Å². The molecule has 7 N–H and O–H groups in total. The topological polar surface area (TPSA) is 201 Å². The second-order valence-corrected chi connectivity index (χ2v) is 17.8. The van der Waals surface area contributed by atoms with Gasteiger partial charge in [-0.3, -0.25) is 4.79 Å². The fourth-order valence-electron chi connectivity index (χ4n) is 9.08. The van der Waals surface area contributed by atoms with E-state index in [1.807, 2.05) is 32.8 Å². The fraction of sp³-hybridized carbons (Fsp3) is 0.927. The van der Waals surface area contributed by atoms with Crippen LogP contribution in [0.4, 0.5) is 0 Å². The summed E-state index contributed by atoms with van der Waals surface area (Å²) < 4.78 is 38.1. The van der Waals surface area contributed by atoms with Crippen LogP contribution in [0, 0.1) is 30.1 Å². The molecule has 0 amide bonds. The zero-order valence-corrected chi connectivity index (χ0v) is 36.2. The molecule has 15 nitrogen and oxygen atoms in total. The van der Waals surface area contributed by atoms with Crippen molar-refractivity contribution >= 4 is 5.97 Å². The van der Waals surface area contributed by atoms with Crippen molar-refractivity contribution in [3.8, 4) is 12.3 Å². The summed E-state index contributed by atoms with van der Waals surface area (Å²) in [6.07, 6.45) is -2.43. The van der Waals surface area contributed by atoms with Gasteiger partial charge in [0.15, 0.2) is 12.6 Å². The predicted octanol–water partition coefficient (Wildman–Crippen LogP) is 1.15. The van der Waals surface area contributed by atoms with Gasteiger partial charge in [-0.25, -0.2) is 0 Å². The Hall–Kier alpha value is -1.49. The van der Waals surface area contributed by atoms with E-state index >= 15 is 0 Å². The Kier molecular flexibility index (Phi) is 17.2. The first-order chi connectivity index (χ1) is 25.9. The minimum absolute atomic E-state index is 0.0422. The van der Waals surface area contributed by atoms with Crippen LogP contribution in [0.15, 0.2) is 0 Å². The summed E-state index contributed by atoms with van der Waals surface area (Å²) in [5, 5.41) is 65.4. The van der Waals surface area contributed by atoms with Crippen molar-refractivity contribution in [2.24, 2.45) is 17.8 Å². The first kappa shape index (κ1) is 48.9. The number of terminal acetylenes is 1. The molecule has 0 radical (unpaired) electrons. The molecule has 3 aliphatic rings. The molecule has 3 aliphatic heterocycles. The van der Waals surface area contributed by atoms with Crippen LogP contribution in [0.1, 0.15) is 94.9 Å². The lowest BCUT2D eigenvalue weighted by Crippen LogP contribution is -2.70. The molecule has 0 aromatic heterocycles. The summed E-state index contributed by atoms with van der Waals surface area (Å²) >= 11 is 0. The van der Waals surface area contributed by atoms with Crippen LogP contribution < -0.4 is 10.6 Å². The maximum Gasteiger partial charge on any atom is 0.311 e. The smallest absolute Gasteiger partial charge is 0.311 e. The number of nitrogens with one attached hydrogen (secondary N) is 2. The molecule has 3 heterocycles. The highest BCUT2D eigenvalue weighted by Crippen LogP contribution is 2.43. The van der Waals surface area contributed by atoms with Gasteiger partial charge < -0.3 is 69.5 Å². The number of hydrogen-bond donors (Lipinski definition) is 7. The Balaban J connectivity index is 2.16. The van der Waals surface area contributed by atoms with Crippen LogP contribution in [0.3, 0.4) is 0 Å². The van der Waals surface area contributed by atoms with E-state index in [0.29, 0.717) is 13.0 Å². The number of hydrogen-bond acceptors (Lipinski definition) is 15. The lowest BCUT2D eigenvalue weighted by atomic mass is 9.75. The monoisotopic (exact) mass is 802 g/mol. The second-order valence-electron chi connectivity index (χ2n) is 17.8. The Morgan fingerprint density at radius 1 is 1.02 bits per heavy atom. The molecule has 326 valence electrons. The van der Waals surface area contributed by atoms with Gasteiger partial charge in [0.05, 0.1) is 42.5 Å². The molecule has 0 aromatic rings. The van der Waals surface area contributed by atoms with Gasteiger partial charge in [-0.05, 0) is 94.3 Å². The van der Waals surface area contributed by atoms with Crippen LogP contribution >= 0.6 is 0 Å². The number of aliphatic hydroxyl groups excluding tert-OH is 2. The summed E-state index contributed by atoms with van der Waals surface area (Å²) in [6, 6.07) is -0.898. The standard InChI is InChI=1S/C41H75N3O12/c1-15-17-42-22-41(50)28(8)53-31(20-39(41,10)51-14)55-33-25(5)35(56-37-32(45)29(44(12)13)18-24(4)52-37)38(9,48)19-23(3)21-43-27(7)34(46)40(11,49)30(16-2)54-36(47)26(33)6/h1,23-35,37,42-43,45-46,48-50H,16-22H2,2-14H3/t23-,24-,25+,26-,27+,28+,29+,30+,31+,32-,33+,34-,35-,37+,38+,39-,40-,41-/m1/s1. The lowest BCUT2D eigenvalue weighted by Gasteiger charge is -2.53. The van der Waals surface area contributed by atoms with Crippen LogP contribution in [0.5, 0.6) is 0 Å². The van der Waals surface area contributed by atoms with Gasteiger partial charge in [0.1, 0.15) is 35.1 Å². The summed E-state index contributed by atoms with van der Waals surface area (Å²) in [6.45, 7) is 18.0. The molecule has 3 rings (SSSR count). The highest BCUT2D eigenvalue weighted by molar-refractivity contribution is 5.73. The number of aliphatic hydroxyl groups is 5. The molecular weight excluding hydrogens is 726 g/mol. The van der Waals surface area contributed by atoms with E-state index in [1.54, 1.807) is 48.5 Å². The third-order valence-corrected chi connectivity index (χ3v) is 12.8. The zero-order chi connectivity index (χ0) is 42.6. The van der Waals surface area contributed by atoms with E-state index in [4.69, 9.17) is 34.8 Å². The molecule has 0 bridgehead atoms. The summed E-state index contributed by atoms with van der Waals surface area (Å²) in [5.74, 6) is -0.231. The van der Waals surface area contributed by atoms with Crippen molar-refractivity contribution in [1.29, 1.82) is 0 Å². The maximum atomic E-state index is 14.3. The first-order valence-electron chi connectivity index (χ1n) is 20.3. The number of carbonyl (C=O) groups is 1. The van der Waals surface area contributed by atoms with E-state index in [-0.39, 0.29) is 50.4 Å². The third kappa shape index (κ3) is 10.8. The number of cyclic esters (lactones) is 1. The number of nitrogens with zero attached hydrogens (tertiary/aromatic N) is 1. The van der Waals surface area contributed by atoms with Crippen molar-refractivity contribution in [1.82, 2.24) is 15.5 Å². The number of esters is 1. The van der Waals surface area contributed by atoms with E-state index in [1.165, 1.54) is 14.0 Å². The van der Waals surface area contributed by atoms with Crippen LogP contribution in [0.25, 0.3) is 0 Å². The van der Waals surface area contributed by atoms with Crippen LogP contribution in [-0.4, -0.2) is 167 Å². The maximum absolute atomic E-state index is 14.3. The Bertz CT molecular complexity index is 1300. The molecule has 0 aromatic carbocycles. The molecule has 0 saturated carbocycles. The number of ether oxygens (including phenoxy) is 6. The SMILES string of the molecule is C#CCNC[C@@]1(O)[C@H](C)O[C@@H](O[C@H]2[C@H](C)[C@@H](O[C@@H]3O[C@H](C)C[C@H](N(C)C)[C@H]3O)[C@@](C)(O)C[C@@H](C)CN[C@@H](C)[C@@H](O)[C@](C)(O)[C@H](CC)OC(=O)[C@@H]2C)C[C@@]1(C)OC. The van der Waals surface area contributed by atoms with E-state index in [0.717, 1.165) is 0 Å². The molecule has 56 heavy (non-hydrogen) atoms. The molecule has 3 fully saturated rings. The highest BCUT2D eigenvalue weighted by atomic mass is 16.7. The average Bonchev–Trinajstić information content (AvgIpc) is 3.12. The fourth-order valence-corrected chi connectivity index (χ4v) is 9.08. The van der Waals surface area contributed by atoms with Crippen molar-refractivity contribution in [2.45, 2.75) is 185 Å². The van der Waals surface area contributed by atoms with Gasteiger partial charge in [0, 0.05) is 38.1 Å². The lowest BCUT2D eigenvalue weighted by molar-refractivity contribution is -0.336. The van der Waals surface area contributed by atoms with Crippen molar-refractivity contribution in [3.63, 3.8) is 0 Å². The summed E-state index contributed by atoms with van der Waals surface area (Å²) in [7, 11) is 5.25. The van der Waals surface area contributed by atoms with E-state index in [9.17, 15) is 30.3 Å². The zero-order valence-electron chi connectivity index (χ0n) is 36.2. The van der Waals surface area contributed by atoms with Crippen LogP contribution in [0.2, 0.25) is 0 Å². The quantitative estimate of drug-likeness (QED) is 0.0943. The minimum Gasteiger partial charge on any atom is -0.459 e. The van der Waals surface area contributed by atoms with E-state index in [2.05, 4.69) is 16.6 Å². The van der Waals surface area contributed by atoms with Gasteiger partial charge in [-0.15, -0.1) is 6.42 Å². The van der Waals surface area contributed by atoms with Crippen molar-refractivity contribution in [2.75, 3.05) is 40.8 Å². The number of carbonyl (C=O) groups excluding carboxylic acids is 1. The summed E-state index contributed by atoms with van der Waals surface area (Å²) in [5.41, 5.74) is -6.15. The highest BCUT2D eigenvalue weighted by Gasteiger charge is 2.58. The van der Waals surface area contributed by atoms with Gasteiger partial charge in [0.25, 0.3) is 0 Å². The molecule has 0 spiro atoms. The molecular formula is C41H75N3O12. The predicted molar refractivity (Wildman–Crippen MR) is 210 cm³/mol. The van der Waals surface area contributed by atoms with Gasteiger partial charge in [-0.1, -0.05) is 26.7 Å². The largest absolute Gasteiger partial charge is 0.459 e. The first-order valence-corrected chi connectivity index (χ1v) is 20.3.